The number of alkyl halides is 1. The van der Waals surface area contributed by atoms with E-state index in [1.54, 1.807) is 12.4 Å². The summed E-state index contributed by atoms with van der Waals surface area (Å²) < 4.78 is 0.730. The van der Waals surface area contributed by atoms with Crippen molar-refractivity contribution in [2.75, 3.05) is 5.33 Å². The zero-order chi connectivity index (χ0) is 8.81. The molecular formula is C8H6Br2N2. The summed E-state index contributed by atoms with van der Waals surface area (Å²) in [6, 6.07) is 0. The van der Waals surface area contributed by atoms with Crippen LogP contribution in [0.2, 0.25) is 0 Å². The van der Waals surface area contributed by atoms with Crippen LogP contribution in [0.3, 0.4) is 0 Å². The molecule has 0 saturated carbocycles. The van der Waals surface area contributed by atoms with Crippen LogP contribution in [0, 0.1) is 11.8 Å². The van der Waals surface area contributed by atoms with Gasteiger partial charge in [-0.05, 0) is 21.9 Å². The lowest BCUT2D eigenvalue weighted by molar-refractivity contribution is 1.14. The molecule has 0 atom stereocenters. The van der Waals surface area contributed by atoms with Crippen LogP contribution in [0.15, 0.2) is 17.0 Å². The Morgan fingerprint density at radius 3 is 2.75 bits per heavy atom. The van der Waals surface area contributed by atoms with Gasteiger partial charge in [0.2, 0.25) is 0 Å². The van der Waals surface area contributed by atoms with Crippen LogP contribution in [-0.4, -0.2) is 15.3 Å². The van der Waals surface area contributed by atoms with E-state index in [0.717, 1.165) is 16.4 Å². The Bertz CT molecular complexity index is 297. The van der Waals surface area contributed by atoms with Crippen molar-refractivity contribution in [3.05, 3.63) is 22.7 Å². The Labute approximate surface area is 88.1 Å². The predicted octanol–water partition coefficient (Wildman–Crippen LogP) is 2.38. The first-order chi connectivity index (χ1) is 5.83. The zero-order valence-corrected chi connectivity index (χ0v) is 9.39. The van der Waals surface area contributed by atoms with Crippen LogP contribution in [-0.2, 0) is 0 Å². The highest BCUT2D eigenvalue weighted by atomic mass is 79.9. The Kier molecular flexibility index (Phi) is 4.26. The highest BCUT2D eigenvalue weighted by Crippen LogP contribution is 2.01. The molecule has 0 N–H and O–H groups in total. The fraction of sp³-hybridized carbons (Fsp3) is 0.250. The van der Waals surface area contributed by atoms with E-state index in [0.29, 0.717) is 5.69 Å². The normalized spacial score (nSPS) is 8.83. The number of hydrogen-bond acceptors (Lipinski definition) is 2. The van der Waals surface area contributed by atoms with Gasteiger partial charge >= 0.3 is 0 Å². The van der Waals surface area contributed by atoms with Crippen molar-refractivity contribution in [3.63, 3.8) is 0 Å². The second kappa shape index (κ2) is 5.28. The Balaban J connectivity index is 2.66. The van der Waals surface area contributed by atoms with Crippen molar-refractivity contribution in [2.45, 2.75) is 6.42 Å². The lowest BCUT2D eigenvalue weighted by atomic mass is 10.4. The molecular weight excluding hydrogens is 284 g/mol. The minimum absolute atomic E-state index is 0.708. The average molecular weight is 290 g/mol. The van der Waals surface area contributed by atoms with E-state index in [9.17, 15) is 0 Å². The molecule has 4 heteroatoms. The van der Waals surface area contributed by atoms with Crippen molar-refractivity contribution in [1.29, 1.82) is 0 Å². The third-order valence-corrected chi connectivity index (χ3v) is 1.86. The van der Waals surface area contributed by atoms with Crippen molar-refractivity contribution < 1.29 is 0 Å². The molecule has 1 rings (SSSR count). The first kappa shape index (κ1) is 9.69. The summed E-state index contributed by atoms with van der Waals surface area (Å²) in [5.74, 6) is 5.85. The third-order valence-electron chi connectivity index (χ3n) is 1.06. The molecule has 0 fully saturated rings. The van der Waals surface area contributed by atoms with E-state index in [2.05, 4.69) is 53.7 Å². The Morgan fingerprint density at radius 1 is 1.33 bits per heavy atom. The molecule has 62 valence electrons. The maximum Gasteiger partial charge on any atom is 0.131 e. The summed E-state index contributed by atoms with van der Waals surface area (Å²) in [6.45, 7) is 0. The SMILES string of the molecule is BrCCC#Cc1cnc(Br)cn1. The summed E-state index contributed by atoms with van der Waals surface area (Å²) in [5.41, 5.74) is 0.708. The molecule has 0 aliphatic rings. The molecule has 0 bridgehead atoms. The van der Waals surface area contributed by atoms with Gasteiger partial charge in [0.15, 0.2) is 0 Å². The molecule has 1 aromatic rings. The van der Waals surface area contributed by atoms with E-state index in [1.165, 1.54) is 0 Å². The van der Waals surface area contributed by atoms with Gasteiger partial charge in [-0.15, -0.1) is 0 Å². The van der Waals surface area contributed by atoms with Crippen molar-refractivity contribution in [3.8, 4) is 11.8 Å². The van der Waals surface area contributed by atoms with Gasteiger partial charge < -0.3 is 0 Å². The fourth-order valence-electron chi connectivity index (χ4n) is 0.577. The standard InChI is InChI=1S/C8H6Br2N2/c9-4-2-1-3-7-5-12-8(10)6-11-7/h5-6H,2,4H2. The van der Waals surface area contributed by atoms with E-state index in [1.807, 2.05) is 0 Å². The van der Waals surface area contributed by atoms with Crippen molar-refractivity contribution in [1.82, 2.24) is 9.97 Å². The van der Waals surface area contributed by atoms with Gasteiger partial charge in [0.1, 0.15) is 10.3 Å². The topological polar surface area (TPSA) is 25.8 Å². The van der Waals surface area contributed by atoms with E-state index < -0.39 is 0 Å². The molecule has 12 heavy (non-hydrogen) atoms. The van der Waals surface area contributed by atoms with Crippen LogP contribution < -0.4 is 0 Å². The molecule has 0 aromatic carbocycles. The van der Waals surface area contributed by atoms with Gasteiger partial charge in [-0.1, -0.05) is 21.9 Å². The smallest absolute Gasteiger partial charge is 0.131 e. The van der Waals surface area contributed by atoms with E-state index in [4.69, 9.17) is 0 Å². The van der Waals surface area contributed by atoms with Crippen LogP contribution in [0.1, 0.15) is 12.1 Å². The van der Waals surface area contributed by atoms with Gasteiger partial charge in [0.25, 0.3) is 0 Å². The van der Waals surface area contributed by atoms with Gasteiger partial charge in [0.05, 0.1) is 12.4 Å². The molecule has 0 aliphatic carbocycles. The predicted molar refractivity (Wildman–Crippen MR) is 55.0 cm³/mol. The zero-order valence-electron chi connectivity index (χ0n) is 6.22. The highest BCUT2D eigenvalue weighted by molar-refractivity contribution is 9.10. The maximum absolute atomic E-state index is 4.05. The van der Waals surface area contributed by atoms with Gasteiger partial charge in [-0.2, -0.15) is 0 Å². The quantitative estimate of drug-likeness (QED) is 0.586. The molecule has 0 aliphatic heterocycles. The van der Waals surface area contributed by atoms with Gasteiger partial charge in [-0.25, -0.2) is 9.97 Å². The average Bonchev–Trinajstić information content (AvgIpc) is 2.09. The van der Waals surface area contributed by atoms with E-state index in [-0.39, 0.29) is 0 Å². The summed E-state index contributed by atoms with van der Waals surface area (Å²) in [5, 5.41) is 0.893. The fourth-order valence-corrected chi connectivity index (χ4v) is 0.980. The number of halogens is 2. The molecule has 2 nitrogen and oxygen atoms in total. The maximum atomic E-state index is 4.05. The first-order valence-corrected chi connectivity index (χ1v) is 5.27. The molecule has 0 unspecified atom stereocenters. The lowest BCUT2D eigenvalue weighted by Crippen LogP contribution is -1.84. The van der Waals surface area contributed by atoms with Crippen LogP contribution in [0.25, 0.3) is 0 Å². The van der Waals surface area contributed by atoms with Crippen LogP contribution in [0.5, 0.6) is 0 Å². The number of nitrogens with zero attached hydrogens (tertiary/aromatic N) is 2. The third kappa shape index (κ3) is 3.33. The Morgan fingerprint density at radius 2 is 2.17 bits per heavy atom. The van der Waals surface area contributed by atoms with Crippen LogP contribution >= 0.6 is 31.9 Å². The lowest BCUT2D eigenvalue weighted by Gasteiger charge is -1.88. The monoisotopic (exact) mass is 288 g/mol. The second-order valence-corrected chi connectivity index (χ2v) is 3.57. The second-order valence-electron chi connectivity index (χ2n) is 1.97. The van der Waals surface area contributed by atoms with Gasteiger partial charge in [-0.3, -0.25) is 0 Å². The molecule has 0 radical (unpaired) electrons. The van der Waals surface area contributed by atoms with E-state index >= 15 is 0 Å². The molecule has 1 aromatic heterocycles. The van der Waals surface area contributed by atoms with Crippen molar-refractivity contribution >= 4 is 31.9 Å². The van der Waals surface area contributed by atoms with Crippen LogP contribution in [0.4, 0.5) is 0 Å². The number of hydrogen-bond donors (Lipinski definition) is 0. The number of aromatic nitrogens is 2. The van der Waals surface area contributed by atoms with Crippen molar-refractivity contribution in [2.24, 2.45) is 0 Å². The summed E-state index contributed by atoms with van der Waals surface area (Å²) in [6.07, 6.45) is 4.11. The Hall–Kier alpha value is -0.400. The molecule has 1 heterocycles. The van der Waals surface area contributed by atoms with Gasteiger partial charge in [0, 0.05) is 11.8 Å². The molecule has 0 saturated heterocycles. The summed E-state index contributed by atoms with van der Waals surface area (Å²) >= 11 is 6.49. The largest absolute Gasteiger partial charge is 0.245 e. The highest BCUT2D eigenvalue weighted by Gasteiger charge is 1.88. The molecule has 0 spiro atoms. The minimum atomic E-state index is 0.708. The molecule has 0 amide bonds. The first-order valence-electron chi connectivity index (χ1n) is 3.35. The summed E-state index contributed by atoms with van der Waals surface area (Å²) in [4.78, 5) is 8.05. The number of rotatable bonds is 1. The minimum Gasteiger partial charge on any atom is -0.245 e. The summed E-state index contributed by atoms with van der Waals surface area (Å²) in [7, 11) is 0.